The van der Waals surface area contributed by atoms with Gasteiger partial charge in [-0.15, -0.1) is 24.0 Å². The van der Waals surface area contributed by atoms with E-state index in [4.69, 9.17) is 9.47 Å². The summed E-state index contributed by atoms with van der Waals surface area (Å²) < 4.78 is 25.1. The number of ether oxygens (including phenoxy) is 2. The van der Waals surface area contributed by atoms with E-state index in [0.717, 1.165) is 49.9 Å². The zero-order valence-electron chi connectivity index (χ0n) is 18.2. The third-order valence-corrected chi connectivity index (χ3v) is 4.99. The van der Waals surface area contributed by atoms with Crippen LogP contribution in [0.4, 0.5) is 10.1 Å². The number of aliphatic imine (C=N–C) groups is 1. The van der Waals surface area contributed by atoms with Crippen LogP contribution in [-0.4, -0.2) is 52.5 Å². The fourth-order valence-electron chi connectivity index (χ4n) is 3.34. The van der Waals surface area contributed by atoms with Crippen LogP contribution in [0.15, 0.2) is 47.5 Å². The highest BCUT2D eigenvalue weighted by molar-refractivity contribution is 14.0. The maximum absolute atomic E-state index is 14.6. The van der Waals surface area contributed by atoms with Gasteiger partial charge in [0, 0.05) is 26.2 Å². The number of anilines is 1. The first-order chi connectivity index (χ1) is 14.7. The first kappa shape index (κ1) is 25.2. The molecule has 1 aliphatic rings. The maximum Gasteiger partial charge on any atom is 0.191 e. The van der Waals surface area contributed by atoms with E-state index >= 15 is 0 Å². The van der Waals surface area contributed by atoms with Crippen LogP contribution in [0.3, 0.4) is 0 Å². The normalized spacial score (nSPS) is 14.0. The van der Waals surface area contributed by atoms with Crippen molar-refractivity contribution < 1.29 is 13.9 Å². The summed E-state index contributed by atoms with van der Waals surface area (Å²) in [4.78, 5) is 6.62. The lowest BCUT2D eigenvalue weighted by atomic mass is 10.1. The smallest absolute Gasteiger partial charge is 0.191 e. The molecule has 0 unspecified atom stereocenters. The lowest BCUT2D eigenvalue weighted by Gasteiger charge is -2.29. The molecule has 6 nitrogen and oxygen atoms in total. The van der Waals surface area contributed by atoms with E-state index in [1.54, 1.807) is 13.2 Å². The number of morpholine rings is 1. The number of hydrogen-bond donors (Lipinski definition) is 2. The molecule has 0 radical (unpaired) electrons. The molecule has 3 rings (SSSR count). The highest BCUT2D eigenvalue weighted by Crippen LogP contribution is 2.22. The van der Waals surface area contributed by atoms with Gasteiger partial charge in [0.1, 0.15) is 11.6 Å². The Hall–Kier alpha value is -2.07. The summed E-state index contributed by atoms with van der Waals surface area (Å²) in [5.74, 6) is 1.37. The molecule has 8 heteroatoms. The molecule has 1 fully saturated rings. The van der Waals surface area contributed by atoms with Crippen molar-refractivity contribution in [3.8, 4) is 5.75 Å². The van der Waals surface area contributed by atoms with Crippen molar-refractivity contribution in [3.63, 3.8) is 0 Å². The van der Waals surface area contributed by atoms with Gasteiger partial charge in [-0.05, 0) is 48.7 Å². The summed E-state index contributed by atoms with van der Waals surface area (Å²) >= 11 is 0. The Kier molecular flexibility index (Phi) is 10.9. The molecule has 0 amide bonds. The van der Waals surface area contributed by atoms with E-state index in [1.165, 1.54) is 5.56 Å². The molecule has 1 saturated heterocycles. The Labute approximate surface area is 201 Å². The van der Waals surface area contributed by atoms with Gasteiger partial charge in [-0.25, -0.2) is 9.38 Å². The van der Waals surface area contributed by atoms with E-state index in [-0.39, 0.29) is 29.8 Å². The van der Waals surface area contributed by atoms with Gasteiger partial charge in [-0.1, -0.05) is 18.2 Å². The lowest BCUT2D eigenvalue weighted by Crippen LogP contribution is -2.38. The van der Waals surface area contributed by atoms with Crippen molar-refractivity contribution >= 4 is 35.6 Å². The number of rotatable bonds is 8. The van der Waals surface area contributed by atoms with Gasteiger partial charge in [0.05, 0.1) is 32.6 Å². The van der Waals surface area contributed by atoms with Crippen LogP contribution in [0.25, 0.3) is 0 Å². The van der Waals surface area contributed by atoms with Gasteiger partial charge >= 0.3 is 0 Å². The number of benzene rings is 2. The van der Waals surface area contributed by atoms with Crippen LogP contribution >= 0.6 is 24.0 Å². The van der Waals surface area contributed by atoms with Crippen LogP contribution in [0.5, 0.6) is 5.75 Å². The van der Waals surface area contributed by atoms with E-state index in [0.29, 0.717) is 25.4 Å². The SMILES string of the molecule is CCNC(=NCc1ccc(N2CCOCC2)c(F)c1)NCCc1ccc(OC)cc1.I. The molecule has 0 spiro atoms. The molecule has 2 aromatic carbocycles. The molecule has 1 heterocycles. The molecule has 2 aromatic rings. The Morgan fingerprint density at radius 1 is 1.10 bits per heavy atom. The van der Waals surface area contributed by atoms with E-state index in [2.05, 4.69) is 27.8 Å². The molecule has 0 saturated carbocycles. The molecular formula is C23H32FIN4O2. The van der Waals surface area contributed by atoms with Gasteiger partial charge in [-0.2, -0.15) is 0 Å². The third kappa shape index (κ3) is 7.84. The summed E-state index contributed by atoms with van der Waals surface area (Å²) in [6.07, 6.45) is 0.872. The fourth-order valence-corrected chi connectivity index (χ4v) is 3.34. The van der Waals surface area contributed by atoms with Crippen molar-refractivity contribution in [1.29, 1.82) is 0 Å². The fraction of sp³-hybridized carbons (Fsp3) is 0.435. The highest BCUT2D eigenvalue weighted by Gasteiger charge is 2.15. The lowest BCUT2D eigenvalue weighted by molar-refractivity contribution is 0.122. The number of nitrogens with zero attached hydrogens (tertiary/aromatic N) is 2. The Morgan fingerprint density at radius 2 is 1.81 bits per heavy atom. The predicted octanol–water partition coefficient (Wildman–Crippen LogP) is 3.59. The number of halogens is 2. The number of methoxy groups -OCH3 is 1. The minimum absolute atomic E-state index is 0. The van der Waals surface area contributed by atoms with Crippen molar-refractivity contribution in [1.82, 2.24) is 10.6 Å². The van der Waals surface area contributed by atoms with Gasteiger partial charge in [0.25, 0.3) is 0 Å². The van der Waals surface area contributed by atoms with Crippen LogP contribution in [-0.2, 0) is 17.7 Å². The van der Waals surface area contributed by atoms with Gasteiger partial charge < -0.3 is 25.0 Å². The third-order valence-electron chi connectivity index (χ3n) is 4.99. The minimum Gasteiger partial charge on any atom is -0.497 e. The summed E-state index contributed by atoms with van der Waals surface area (Å²) in [7, 11) is 1.66. The van der Waals surface area contributed by atoms with Gasteiger partial charge in [0.2, 0.25) is 0 Å². The Bertz CT molecular complexity index is 827. The molecular weight excluding hydrogens is 510 g/mol. The van der Waals surface area contributed by atoms with E-state index in [1.807, 2.05) is 36.1 Å². The molecule has 0 aromatic heterocycles. The standard InChI is InChI=1S/C23H31FN4O2.HI/c1-3-25-23(26-11-10-18-4-7-20(29-2)8-5-18)27-17-19-6-9-22(21(24)16-19)28-12-14-30-15-13-28;/h4-9,16H,3,10-15,17H2,1-2H3,(H2,25,26,27);1H. The first-order valence-corrected chi connectivity index (χ1v) is 10.5. The Balaban J connectivity index is 0.00000341. The number of hydrogen-bond acceptors (Lipinski definition) is 4. The molecule has 0 atom stereocenters. The molecule has 170 valence electrons. The molecule has 2 N–H and O–H groups in total. The van der Waals surface area contributed by atoms with Crippen LogP contribution in [0.2, 0.25) is 0 Å². The van der Waals surface area contributed by atoms with E-state index < -0.39 is 0 Å². The minimum atomic E-state index is -0.206. The second-order valence-corrected chi connectivity index (χ2v) is 7.11. The van der Waals surface area contributed by atoms with E-state index in [9.17, 15) is 4.39 Å². The average Bonchev–Trinajstić information content (AvgIpc) is 2.78. The van der Waals surface area contributed by atoms with Gasteiger partial charge in [0.15, 0.2) is 5.96 Å². The summed E-state index contributed by atoms with van der Waals surface area (Å²) in [5.41, 5.74) is 2.70. The van der Waals surface area contributed by atoms with Crippen LogP contribution < -0.4 is 20.3 Å². The zero-order chi connectivity index (χ0) is 21.2. The summed E-state index contributed by atoms with van der Waals surface area (Å²) in [6.45, 7) is 6.67. The average molecular weight is 542 g/mol. The molecule has 31 heavy (non-hydrogen) atoms. The highest BCUT2D eigenvalue weighted by atomic mass is 127. The van der Waals surface area contributed by atoms with Crippen molar-refractivity contribution in [2.45, 2.75) is 19.9 Å². The maximum atomic E-state index is 14.6. The quantitative estimate of drug-likeness (QED) is 0.304. The monoisotopic (exact) mass is 542 g/mol. The van der Waals surface area contributed by atoms with Crippen molar-refractivity contribution in [2.24, 2.45) is 4.99 Å². The molecule has 0 bridgehead atoms. The second-order valence-electron chi connectivity index (χ2n) is 7.11. The van der Waals surface area contributed by atoms with Crippen molar-refractivity contribution in [3.05, 3.63) is 59.4 Å². The largest absolute Gasteiger partial charge is 0.497 e. The summed E-state index contributed by atoms with van der Waals surface area (Å²) in [5, 5.41) is 6.58. The van der Waals surface area contributed by atoms with Crippen LogP contribution in [0, 0.1) is 5.82 Å². The van der Waals surface area contributed by atoms with Crippen LogP contribution in [0.1, 0.15) is 18.1 Å². The van der Waals surface area contributed by atoms with Crippen molar-refractivity contribution in [2.75, 3.05) is 51.4 Å². The topological polar surface area (TPSA) is 58.1 Å². The second kappa shape index (κ2) is 13.4. The Morgan fingerprint density at radius 3 is 2.45 bits per heavy atom. The number of guanidine groups is 1. The summed E-state index contributed by atoms with van der Waals surface area (Å²) in [6, 6.07) is 13.4. The molecule has 0 aliphatic carbocycles. The van der Waals surface area contributed by atoms with Gasteiger partial charge in [-0.3, -0.25) is 0 Å². The molecule has 1 aliphatic heterocycles. The zero-order valence-corrected chi connectivity index (χ0v) is 20.5. The number of nitrogens with one attached hydrogen (secondary N) is 2. The first-order valence-electron chi connectivity index (χ1n) is 10.5. The predicted molar refractivity (Wildman–Crippen MR) is 134 cm³/mol.